The van der Waals surface area contributed by atoms with Crippen molar-refractivity contribution in [1.29, 1.82) is 0 Å². The van der Waals surface area contributed by atoms with Gasteiger partial charge in [0.15, 0.2) is 10.6 Å². The van der Waals surface area contributed by atoms with Gasteiger partial charge in [-0.2, -0.15) is 5.10 Å². The number of aryl methyl sites for hydroxylation is 1. The molecule has 1 saturated heterocycles. The summed E-state index contributed by atoms with van der Waals surface area (Å²) >= 11 is 5.40. The lowest BCUT2D eigenvalue weighted by Crippen LogP contribution is -2.48. The van der Waals surface area contributed by atoms with Crippen LogP contribution in [0, 0.1) is 11.7 Å². The number of H-pyrrole nitrogens is 1. The molecule has 2 aromatic carbocycles. The molecule has 0 atom stereocenters. The molecule has 2 heterocycles. The molecule has 0 saturated carbocycles. The van der Waals surface area contributed by atoms with Crippen LogP contribution in [-0.4, -0.2) is 51.8 Å². The van der Waals surface area contributed by atoms with Gasteiger partial charge in [0.25, 0.3) is 0 Å². The molecule has 0 unspecified atom stereocenters. The Bertz CT molecular complexity index is 1030. The van der Waals surface area contributed by atoms with Gasteiger partial charge in [-0.25, -0.2) is 0 Å². The highest BCUT2D eigenvalue weighted by Crippen LogP contribution is 2.20. The van der Waals surface area contributed by atoms with Crippen LogP contribution in [-0.2, 0) is 11.3 Å². The Kier molecular flexibility index (Phi) is 5.76. The average molecular weight is 408 g/mol. The zero-order chi connectivity index (χ0) is 20.2. The minimum atomic E-state index is 0.163. The monoisotopic (exact) mass is 407 g/mol. The lowest BCUT2D eigenvalue weighted by atomic mass is 10.1. The van der Waals surface area contributed by atoms with E-state index in [2.05, 4.69) is 33.3 Å². The van der Waals surface area contributed by atoms with Gasteiger partial charge in [0.2, 0.25) is 5.91 Å². The first kappa shape index (κ1) is 19.4. The first-order chi connectivity index (χ1) is 14.1. The SMILES string of the molecule is Cc1cccc(-c2n[nH]c(=S)n2CCC(=O)N2CCN(c3ccccc3)CC2)c1. The van der Waals surface area contributed by atoms with Gasteiger partial charge in [-0.15, -0.1) is 0 Å². The normalized spacial score (nSPS) is 14.2. The molecular formula is C22H25N5OS. The summed E-state index contributed by atoms with van der Waals surface area (Å²) in [5.41, 5.74) is 3.38. The van der Waals surface area contributed by atoms with Crippen molar-refractivity contribution in [3.63, 3.8) is 0 Å². The van der Waals surface area contributed by atoms with Gasteiger partial charge in [0.1, 0.15) is 0 Å². The molecule has 1 aliphatic rings. The van der Waals surface area contributed by atoms with E-state index in [1.54, 1.807) is 0 Å². The topological polar surface area (TPSA) is 57.2 Å². The highest BCUT2D eigenvalue weighted by atomic mass is 32.1. The van der Waals surface area contributed by atoms with Crippen LogP contribution in [0.3, 0.4) is 0 Å². The molecule has 0 aliphatic carbocycles. The number of anilines is 1. The lowest BCUT2D eigenvalue weighted by molar-refractivity contribution is -0.131. The third kappa shape index (κ3) is 4.40. The fourth-order valence-corrected chi connectivity index (χ4v) is 3.97. The standard InChI is InChI=1S/C22H25N5OS/c1-17-6-5-7-18(16-17)21-23-24-22(29)27(21)11-10-20(28)26-14-12-25(13-15-26)19-8-3-2-4-9-19/h2-9,16H,10-15H2,1H3,(H,24,29). The van der Waals surface area contributed by atoms with Crippen LogP contribution in [0.5, 0.6) is 0 Å². The van der Waals surface area contributed by atoms with Crippen molar-refractivity contribution in [2.24, 2.45) is 0 Å². The number of para-hydroxylation sites is 1. The molecule has 0 bridgehead atoms. The Balaban J connectivity index is 1.37. The van der Waals surface area contributed by atoms with Gasteiger partial charge in [0, 0.05) is 50.4 Å². The highest BCUT2D eigenvalue weighted by Gasteiger charge is 2.21. The van der Waals surface area contributed by atoms with Crippen LogP contribution in [0.1, 0.15) is 12.0 Å². The molecule has 3 aromatic rings. The van der Waals surface area contributed by atoms with Crippen molar-refractivity contribution in [2.45, 2.75) is 19.9 Å². The van der Waals surface area contributed by atoms with Crippen LogP contribution in [0.15, 0.2) is 54.6 Å². The molecule has 4 rings (SSSR count). The van der Waals surface area contributed by atoms with E-state index in [4.69, 9.17) is 12.2 Å². The quantitative estimate of drug-likeness (QED) is 0.656. The molecule has 0 spiro atoms. The third-order valence-corrected chi connectivity index (χ3v) is 5.65. The second-order valence-electron chi connectivity index (χ2n) is 7.33. The van der Waals surface area contributed by atoms with Crippen LogP contribution < -0.4 is 4.90 Å². The van der Waals surface area contributed by atoms with E-state index in [0.717, 1.165) is 43.1 Å². The fraction of sp³-hybridized carbons (Fsp3) is 0.318. The summed E-state index contributed by atoms with van der Waals surface area (Å²) in [4.78, 5) is 17.1. The molecule has 29 heavy (non-hydrogen) atoms. The first-order valence-electron chi connectivity index (χ1n) is 9.92. The van der Waals surface area contributed by atoms with E-state index in [0.29, 0.717) is 17.7 Å². The van der Waals surface area contributed by atoms with Crippen molar-refractivity contribution in [2.75, 3.05) is 31.1 Å². The lowest BCUT2D eigenvalue weighted by Gasteiger charge is -2.36. The molecule has 6 nitrogen and oxygen atoms in total. The summed E-state index contributed by atoms with van der Waals surface area (Å²) in [6.45, 7) is 5.78. The number of piperazine rings is 1. The summed E-state index contributed by atoms with van der Waals surface area (Å²) in [7, 11) is 0. The second-order valence-corrected chi connectivity index (χ2v) is 7.71. The number of aromatic nitrogens is 3. The van der Waals surface area contributed by atoms with Crippen molar-refractivity contribution >= 4 is 23.8 Å². The van der Waals surface area contributed by atoms with Crippen molar-refractivity contribution in [3.8, 4) is 11.4 Å². The van der Waals surface area contributed by atoms with E-state index >= 15 is 0 Å². The van der Waals surface area contributed by atoms with Crippen LogP contribution >= 0.6 is 12.2 Å². The van der Waals surface area contributed by atoms with Gasteiger partial charge >= 0.3 is 0 Å². The third-order valence-electron chi connectivity index (χ3n) is 5.34. The predicted molar refractivity (Wildman–Crippen MR) is 117 cm³/mol. The van der Waals surface area contributed by atoms with Crippen LogP contribution in [0.4, 0.5) is 5.69 Å². The smallest absolute Gasteiger partial charge is 0.224 e. The van der Waals surface area contributed by atoms with Gasteiger partial charge < -0.3 is 9.80 Å². The molecule has 1 fully saturated rings. The summed E-state index contributed by atoms with van der Waals surface area (Å²) in [5, 5.41) is 7.24. The molecule has 7 heteroatoms. The minimum absolute atomic E-state index is 0.163. The summed E-state index contributed by atoms with van der Waals surface area (Å²) in [6.07, 6.45) is 0.415. The number of rotatable bonds is 5. The predicted octanol–water partition coefficient (Wildman–Crippen LogP) is 3.66. The number of carbonyl (C=O) groups excluding carboxylic acids is 1. The maximum Gasteiger partial charge on any atom is 0.224 e. The largest absolute Gasteiger partial charge is 0.368 e. The Labute approximate surface area is 175 Å². The number of benzene rings is 2. The number of amides is 1. The van der Waals surface area contributed by atoms with Gasteiger partial charge in [-0.3, -0.25) is 14.5 Å². The minimum Gasteiger partial charge on any atom is -0.368 e. The van der Waals surface area contributed by atoms with Gasteiger partial charge in [-0.05, 0) is 37.3 Å². The van der Waals surface area contributed by atoms with Gasteiger partial charge in [0.05, 0.1) is 0 Å². The van der Waals surface area contributed by atoms with E-state index in [-0.39, 0.29) is 5.91 Å². The Hall–Kier alpha value is -2.93. The molecule has 150 valence electrons. The molecule has 1 aromatic heterocycles. The second kappa shape index (κ2) is 8.61. The number of hydrogen-bond acceptors (Lipinski definition) is 4. The van der Waals surface area contributed by atoms with Crippen LogP contribution in [0.25, 0.3) is 11.4 Å². The van der Waals surface area contributed by atoms with Crippen molar-refractivity contribution < 1.29 is 4.79 Å². The first-order valence-corrected chi connectivity index (χ1v) is 10.3. The highest BCUT2D eigenvalue weighted by molar-refractivity contribution is 7.71. The Morgan fingerprint density at radius 2 is 1.83 bits per heavy atom. The molecule has 0 radical (unpaired) electrons. The van der Waals surface area contributed by atoms with E-state index < -0.39 is 0 Å². The summed E-state index contributed by atoms with van der Waals surface area (Å²) in [5.74, 6) is 0.941. The molecule has 1 aliphatic heterocycles. The van der Waals surface area contributed by atoms with Crippen molar-refractivity contribution in [3.05, 3.63) is 64.9 Å². The van der Waals surface area contributed by atoms with E-state index in [1.165, 1.54) is 5.69 Å². The number of hydrogen-bond donors (Lipinski definition) is 1. The Morgan fingerprint density at radius 3 is 2.55 bits per heavy atom. The Morgan fingerprint density at radius 1 is 1.07 bits per heavy atom. The summed E-state index contributed by atoms with van der Waals surface area (Å²) in [6, 6.07) is 18.5. The zero-order valence-electron chi connectivity index (χ0n) is 16.5. The van der Waals surface area contributed by atoms with Crippen molar-refractivity contribution in [1.82, 2.24) is 19.7 Å². The van der Waals surface area contributed by atoms with E-state index in [9.17, 15) is 4.79 Å². The number of carbonyl (C=O) groups is 1. The van der Waals surface area contributed by atoms with E-state index in [1.807, 2.05) is 52.8 Å². The number of nitrogens with one attached hydrogen (secondary N) is 1. The maximum absolute atomic E-state index is 12.8. The molecule has 1 N–H and O–H groups in total. The zero-order valence-corrected chi connectivity index (χ0v) is 17.4. The number of aromatic amines is 1. The number of nitrogens with zero attached hydrogens (tertiary/aromatic N) is 4. The average Bonchev–Trinajstić information content (AvgIpc) is 3.13. The van der Waals surface area contributed by atoms with Gasteiger partial charge in [-0.1, -0.05) is 42.0 Å². The van der Waals surface area contributed by atoms with Crippen LogP contribution in [0.2, 0.25) is 0 Å². The summed E-state index contributed by atoms with van der Waals surface area (Å²) < 4.78 is 2.46. The molecule has 1 amide bonds. The maximum atomic E-state index is 12.8. The molecular weight excluding hydrogens is 382 g/mol. The fourth-order valence-electron chi connectivity index (χ4n) is 3.75.